The fraction of sp³-hybridized carbons (Fsp3) is 0.545. The van der Waals surface area contributed by atoms with Gasteiger partial charge in [0.1, 0.15) is 0 Å². The van der Waals surface area contributed by atoms with Crippen LogP contribution in [0.25, 0.3) is 10.6 Å². The van der Waals surface area contributed by atoms with Crippen LogP contribution >= 0.6 is 11.3 Å². The number of unbranched alkanes of at least 4 members (excludes halogenated alkanes) is 3. The molecule has 0 unspecified atom stereocenters. The summed E-state index contributed by atoms with van der Waals surface area (Å²) in [6.07, 6.45) is 10.2. The minimum absolute atomic E-state index is 0.741. The Morgan fingerprint density at radius 3 is 2.08 bits per heavy atom. The number of benzene rings is 1. The number of nitrogens with zero attached hydrogens (tertiary/aromatic N) is 2. The van der Waals surface area contributed by atoms with E-state index >= 15 is 0 Å². The van der Waals surface area contributed by atoms with Gasteiger partial charge in [-0.15, -0.1) is 0 Å². The number of rotatable bonds is 11. The van der Waals surface area contributed by atoms with E-state index in [1.54, 1.807) is 2.89 Å². The van der Waals surface area contributed by atoms with Gasteiger partial charge in [0, 0.05) is 0 Å². The summed E-state index contributed by atoms with van der Waals surface area (Å²) in [5.74, 6) is 0. The zero-order valence-electron chi connectivity index (χ0n) is 16.6. The summed E-state index contributed by atoms with van der Waals surface area (Å²) in [5.41, 5.74) is 1.75. The van der Waals surface area contributed by atoms with Gasteiger partial charge < -0.3 is 0 Å². The van der Waals surface area contributed by atoms with Crippen LogP contribution < -0.4 is 2.89 Å². The van der Waals surface area contributed by atoms with E-state index in [-0.39, 0.29) is 0 Å². The van der Waals surface area contributed by atoms with Crippen LogP contribution in [0.4, 0.5) is 0 Å². The standard InChI is InChI=1S/C10H5N2S.3C4H9.Sn/c11-7-8-3-1-2-4-9(8)10-12-5-6-13-10;3*1-3-4-2;/h1-5H;3*1,3-4H2,2H3;. The zero-order chi connectivity index (χ0) is 18.8. The van der Waals surface area contributed by atoms with Crippen molar-refractivity contribution in [3.05, 3.63) is 36.0 Å². The summed E-state index contributed by atoms with van der Waals surface area (Å²) < 4.78 is 6.03. The number of hydrogen-bond donors (Lipinski definition) is 0. The van der Waals surface area contributed by atoms with Gasteiger partial charge >= 0.3 is 168 Å². The van der Waals surface area contributed by atoms with Gasteiger partial charge in [-0.05, 0) is 0 Å². The van der Waals surface area contributed by atoms with E-state index < -0.39 is 18.4 Å². The Morgan fingerprint density at radius 1 is 0.962 bits per heavy atom. The second kappa shape index (κ2) is 11.1. The molecule has 0 aliphatic heterocycles. The van der Waals surface area contributed by atoms with E-state index in [1.165, 1.54) is 51.8 Å². The molecule has 0 aliphatic rings. The van der Waals surface area contributed by atoms with Crippen molar-refractivity contribution < 1.29 is 0 Å². The predicted octanol–water partition coefficient (Wildman–Crippen LogP) is 6.74. The van der Waals surface area contributed by atoms with Crippen molar-refractivity contribution in [2.75, 3.05) is 0 Å². The minimum atomic E-state index is -2.40. The van der Waals surface area contributed by atoms with Crippen LogP contribution in [-0.4, -0.2) is 23.4 Å². The van der Waals surface area contributed by atoms with Gasteiger partial charge in [-0.1, -0.05) is 0 Å². The number of nitriles is 1. The molecule has 4 heteroatoms. The monoisotopic (exact) mass is 476 g/mol. The van der Waals surface area contributed by atoms with Crippen LogP contribution in [-0.2, 0) is 0 Å². The van der Waals surface area contributed by atoms with E-state index in [0.717, 1.165) is 16.1 Å². The molecular formula is C22H32N2SSn. The maximum atomic E-state index is 9.43. The third kappa shape index (κ3) is 5.33. The van der Waals surface area contributed by atoms with Crippen molar-refractivity contribution in [2.45, 2.75) is 72.6 Å². The third-order valence-corrected chi connectivity index (χ3v) is 24.5. The second-order valence-corrected chi connectivity index (χ2v) is 22.5. The Labute approximate surface area is 167 Å². The summed E-state index contributed by atoms with van der Waals surface area (Å²) in [6.45, 7) is 6.95. The van der Waals surface area contributed by atoms with Crippen LogP contribution in [0.15, 0.2) is 30.5 Å². The molecule has 26 heavy (non-hydrogen) atoms. The van der Waals surface area contributed by atoms with E-state index in [9.17, 15) is 5.26 Å². The summed E-state index contributed by atoms with van der Waals surface area (Å²) >= 11 is -0.500. The topological polar surface area (TPSA) is 36.7 Å². The number of aromatic nitrogens is 1. The first-order chi connectivity index (χ1) is 12.7. The molecule has 0 fully saturated rings. The molecule has 1 heterocycles. The Hall–Kier alpha value is -0.861. The SMILES string of the molecule is CCC[CH2][Sn]([CH2]CCC)([CH2]CCC)[c]1cnc(-c2ccccc2C#N)s1. The van der Waals surface area contributed by atoms with Gasteiger partial charge in [0.15, 0.2) is 0 Å². The first-order valence-electron chi connectivity index (χ1n) is 10.2. The van der Waals surface area contributed by atoms with Crippen LogP contribution in [0, 0.1) is 11.3 Å². The molecule has 1 aromatic carbocycles. The molecule has 0 bridgehead atoms. The van der Waals surface area contributed by atoms with Crippen molar-refractivity contribution in [2.24, 2.45) is 0 Å². The fourth-order valence-electron chi connectivity index (χ4n) is 3.70. The zero-order valence-corrected chi connectivity index (χ0v) is 20.2. The molecule has 1 aromatic heterocycles. The molecule has 0 N–H and O–H groups in total. The maximum absolute atomic E-state index is 9.43. The van der Waals surface area contributed by atoms with E-state index in [1.807, 2.05) is 35.6 Å². The average molecular weight is 475 g/mol. The summed E-state index contributed by atoms with van der Waals surface area (Å²) in [5, 5.41) is 10.5. The number of hydrogen-bond acceptors (Lipinski definition) is 3. The Bertz CT molecular complexity index is 695. The van der Waals surface area contributed by atoms with Crippen molar-refractivity contribution in [1.82, 2.24) is 4.98 Å². The summed E-state index contributed by atoms with van der Waals surface area (Å²) in [4.78, 5) is 4.81. The van der Waals surface area contributed by atoms with Gasteiger partial charge in [-0.25, -0.2) is 0 Å². The van der Waals surface area contributed by atoms with E-state index in [4.69, 9.17) is 4.98 Å². The Kier molecular flexibility index (Phi) is 9.14. The van der Waals surface area contributed by atoms with Crippen molar-refractivity contribution in [1.29, 1.82) is 5.26 Å². The molecule has 140 valence electrons. The van der Waals surface area contributed by atoms with Crippen molar-refractivity contribution >= 4 is 32.6 Å². The molecule has 0 spiro atoms. The van der Waals surface area contributed by atoms with Crippen LogP contribution in [0.3, 0.4) is 0 Å². The van der Waals surface area contributed by atoms with E-state index in [0.29, 0.717) is 0 Å². The van der Waals surface area contributed by atoms with Crippen LogP contribution in [0.1, 0.15) is 64.9 Å². The molecule has 2 aromatic rings. The van der Waals surface area contributed by atoms with Crippen LogP contribution in [0.2, 0.25) is 13.3 Å². The molecule has 0 amide bonds. The van der Waals surface area contributed by atoms with Crippen LogP contribution in [0.5, 0.6) is 0 Å². The third-order valence-electron chi connectivity index (χ3n) is 5.33. The predicted molar refractivity (Wildman–Crippen MR) is 117 cm³/mol. The molecular weight excluding hydrogens is 443 g/mol. The second-order valence-electron chi connectivity index (χ2n) is 7.28. The van der Waals surface area contributed by atoms with Gasteiger partial charge in [0.2, 0.25) is 0 Å². The van der Waals surface area contributed by atoms with Gasteiger partial charge in [-0.2, -0.15) is 0 Å². The van der Waals surface area contributed by atoms with Crippen molar-refractivity contribution in [3.8, 4) is 16.6 Å². The van der Waals surface area contributed by atoms with Gasteiger partial charge in [-0.3, -0.25) is 0 Å². The first kappa shape index (κ1) is 21.4. The molecule has 0 radical (unpaired) electrons. The van der Waals surface area contributed by atoms with Gasteiger partial charge in [0.05, 0.1) is 0 Å². The Morgan fingerprint density at radius 2 is 1.54 bits per heavy atom. The van der Waals surface area contributed by atoms with E-state index in [2.05, 4.69) is 33.0 Å². The molecule has 0 atom stereocenters. The molecule has 0 saturated heterocycles. The van der Waals surface area contributed by atoms with Crippen molar-refractivity contribution in [3.63, 3.8) is 0 Å². The average Bonchev–Trinajstić information content (AvgIpc) is 3.18. The normalized spacial score (nSPS) is 11.5. The first-order valence-corrected chi connectivity index (χ1v) is 18.5. The molecule has 2 rings (SSSR count). The Balaban J connectivity index is 2.41. The van der Waals surface area contributed by atoms with Gasteiger partial charge in [0.25, 0.3) is 0 Å². The summed E-state index contributed by atoms with van der Waals surface area (Å²) in [7, 11) is 0. The fourth-order valence-corrected chi connectivity index (χ4v) is 23.4. The number of thiazole rings is 1. The molecule has 2 nitrogen and oxygen atoms in total. The summed E-state index contributed by atoms with van der Waals surface area (Å²) in [6, 6.07) is 10.2. The molecule has 0 saturated carbocycles. The quantitative estimate of drug-likeness (QED) is 0.338. The molecule has 0 aliphatic carbocycles.